The van der Waals surface area contributed by atoms with Gasteiger partial charge in [0.15, 0.2) is 5.96 Å². The topological polar surface area (TPSA) is 68.2 Å². The first-order valence-electron chi connectivity index (χ1n) is 7.46. The molecule has 5 nitrogen and oxygen atoms in total. The number of hydrogen-bond acceptors (Lipinski definition) is 2. The molecular weight excluding hydrogens is 401 g/mol. The Morgan fingerprint density at radius 1 is 1.26 bits per heavy atom. The van der Waals surface area contributed by atoms with Crippen LogP contribution in [0.5, 0.6) is 0 Å². The number of nitrogens with zero attached hydrogens (tertiary/aromatic N) is 3. The van der Waals surface area contributed by atoms with E-state index >= 15 is 0 Å². The number of halogens is 1. The van der Waals surface area contributed by atoms with Crippen molar-refractivity contribution >= 4 is 29.9 Å². The van der Waals surface area contributed by atoms with Crippen molar-refractivity contribution in [3.05, 3.63) is 47.3 Å². The first-order chi connectivity index (χ1) is 10.3. The van der Waals surface area contributed by atoms with Crippen molar-refractivity contribution < 1.29 is 0 Å². The van der Waals surface area contributed by atoms with E-state index in [9.17, 15) is 0 Å². The minimum atomic E-state index is -0.0945. The van der Waals surface area contributed by atoms with Crippen LogP contribution in [0, 0.1) is 13.8 Å². The highest BCUT2D eigenvalue weighted by Crippen LogP contribution is 2.17. The van der Waals surface area contributed by atoms with Gasteiger partial charge >= 0.3 is 0 Å². The molecule has 2 aromatic rings. The Morgan fingerprint density at radius 2 is 1.91 bits per heavy atom. The Morgan fingerprint density at radius 3 is 2.48 bits per heavy atom. The largest absolute Gasteiger partial charge is 0.370 e. The van der Waals surface area contributed by atoms with Crippen LogP contribution in [0.1, 0.15) is 37.7 Å². The number of aromatic nitrogens is 2. The third-order valence-corrected chi connectivity index (χ3v) is 3.15. The van der Waals surface area contributed by atoms with Gasteiger partial charge < -0.3 is 11.1 Å². The van der Waals surface area contributed by atoms with Crippen LogP contribution in [-0.4, -0.2) is 21.3 Å². The monoisotopic (exact) mass is 427 g/mol. The molecule has 0 fully saturated rings. The fourth-order valence-corrected chi connectivity index (χ4v) is 2.32. The molecule has 0 bridgehead atoms. The number of para-hydroxylation sites is 1. The number of nitrogens with two attached hydrogens (primary N) is 1. The molecule has 0 radical (unpaired) electrons. The van der Waals surface area contributed by atoms with Gasteiger partial charge in [0.2, 0.25) is 0 Å². The molecule has 1 heterocycles. The molecule has 1 aromatic carbocycles. The average molecular weight is 427 g/mol. The SMILES string of the molecule is Cc1cc(C)n(-c2ccccc2CN=C(N)NC(C)(C)C)n1.I. The highest BCUT2D eigenvalue weighted by atomic mass is 127. The van der Waals surface area contributed by atoms with Crippen molar-refractivity contribution in [3.63, 3.8) is 0 Å². The summed E-state index contributed by atoms with van der Waals surface area (Å²) in [6.07, 6.45) is 0. The lowest BCUT2D eigenvalue weighted by molar-refractivity contribution is 0.508. The van der Waals surface area contributed by atoms with Gasteiger partial charge in [-0.25, -0.2) is 9.67 Å². The Kier molecular flexibility index (Phi) is 6.61. The first kappa shape index (κ1) is 19.5. The lowest BCUT2D eigenvalue weighted by atomic mass is 10.1. The molecule has 0 unspecified atom stereocenters. The maximum Gasteiger partial charge on any atom is 0.189 e. The zero-order valence-corrected chi connectivity index (χ0v) is 16.8. The zero-order valence-electron chi connectivity index (χ0n) is 14.4. The van der Waals surface area contributed by atoms with Gasteiger partial charge in [0.05, 0.1) is 17.9 Å². The average Bonchev–Trinajstić information content (AvgIpc) is 2.74. The Labute approximate surface area is 155 Å². The second-order valence-corrected chi connectivity index (χ2v) is 6.54. The van der Waals surface area contributed by atoms with Crippen LogP contribution >= 0.6 is 24.0 Å². The third-order valence-electron chi connectivity index (χ3n) is 3.15. The van der Waals surface area contributed by atoms with Gasteiger partial charge in [-0.2, -0.15) is 5.10 Å². The predicted molar refractivity (Wildman–Crippen MR) is 107 cm³/mol. The van der Waals surface area contributed by atoms with Crippen molar-refractivity contribution in [1.82, 2.24) is 15.1 Å². The van der Waals surface area contributed by atoms with Gasteiger partial charge in [-0.3, -0.25) is 0 Å². The molecule has 3 N–H and O–H groups in total. The molecule has 1 aromatic heterocycles. The van der Waals surface area contributed by atoms with E-state index in [0.29, 0.717) is 12.5 Å². The van der Waals surface area contributed by atoms with E-state index in [1.807, 2.05) is 23.7 Å². The second-order valence-electron chi connectivity index (χ2n) is 6.54. The first-order valence-corrected chi connectivity index (χ1v) is 7.46. The zero-order chi connectivity index (χ0) is 16.3. The standard InChI is InChI=1S/C17H25N5.HI/c1-12-10-13(2)22(21-12)15-9-7-6-8-14(15)11-19-16(18)20-17(3,4)5;/h6-10H,11H2,1-5H3,(H3,18,19,20);1H. The summed E-state index contributed by atoms with van der Waals surface area (Å²) < 4.78 is 1.95. The predicted octanol–water partition coefficient (Wildman–Crippen LogP) is 3.31. The molecule has 0 spiro atoms. The van der Waals surface area contributed by atoms with Crippen molar-refractivity contribution in [3.8, 4) is 5.69 Å². The number of nitrogens with one attached hydrogen (secondary N) is 1. The molecule has 0 atom stereocenters. The Bertz CT molecular complexity index is 683. The van der Waals surface area contributed by atoms with Gasteiger partial charge in [0, 0.05) is 11.2 Å². The van der Waals surface area contributed by atoms with Gasteiger partial charge in [-0.05, 0) is 52.3 Å². The van der Waals surface area contributed by atoms with Gasteiger partial charge in [0.1, 0.15) is 0 Å². The lowest BCUT2D eigenvalue weighted by Crippen LogP contribution is -2.45. The van der Waals surface area contributed by atoms with Gasteiger partial charge in [-0.15, -0.1) is 24.0 Å². The number of guanidine groups is 1. The van der Waals surface area contributed by atoms with E-state index in [1.54, 1.807) is 0 Å². The number of benzene rings is 1. The van der Waals surface area contributed by atoms with E-state index in [2.05, 4.69) is 61.3 Å². The van der Waals surface area contributed by atoms with Crippen LogP contribution in [0.3, 0.4) is 0 Å². The number of hydrogen-bond donors (Lipinski definition) is 2. The van der Waals surface area contributed by atoms with Crippen molar-refractivity contribution in [2.45, 2.75) is 46.7 Å². The summed E-state index contributed by atoms with van der Waals surface area (Å²) in [7, 11) is 0. The molecule has 6 heteroatoms. The number of rotatable bonds is 3. The van der Waals surface area contributed by atoms with E-state index in [4.69, 9.17) is 5.73 Å². The fourth-order valence-electron chi connectivity index (χ4n) is 2.32. The molecule has 0 amide bonds. The Hall–Kier alpha value is -1.57. The molecule has 0 aliphatic heterocycles. The van der Waals surface area contributed by atoms with E-state index in [1.165, 1.54) is 0 Å². The molecule has 0 aliphatic rings. The van der Waals surface area contributed by atoms with Gasteiger partial charge in [0.25, 0.3) is 0 Å². The highest BCUT2D eigenvalue weighted by Gasteiger charge is 2.11. The smallest absolute Gasteiger partial charge is 0.189 e. The number of aliphatic imine (C=N–C) groups is 1. The van der Waals surface area contributed by atoms with Crippen LogP contribution in [0.15, 0.2) is 35.3 Å². The van der Waals surface area contributed by atoms with Crippen LogP contribution in [0.2, 0.25) is 0 Å². The summed E-state index contributed by atoms with van der Waals surface area (Å²) in [5, 5.41) is 7.72. The van der Waals surface area contributed by atoms with Gasteiger partial charge in [-0.1, -0.05) is 18.2 Å². The summed E-state index contributed by atoms with van der Waals surface area (Å²) in [4.78, 5) is 4.44. The quantitative estimate of drug-likeness (QED) is 0.449. The third kappa shape index (κ3) is 5.53. The molecule has 23 heavy (non-hydrogen) atoms. The van der Waals surface area contributed by atoms with Crippen LogP contribution in [0.25, 0.3) is 5.69 Å². The summed E-state index contributed by atoms with van der Waals surface area (Å²) >= 11 is 0. The molecule has 0 saturated carbocycles. The van der Waals surface area contributed by atoms with E-state index in [-0.39, 0.29) is 29.5 Å². The van der Waals surface area contributed by atoms with Crippen molar-refractivity contribution in [2.75, 3.05) is 0 Å². The van der Waals surface area contributed by atoms with Crippen molar-refractivity contribution in [2.24, 2.45) is 10.7 Å². The second kappa shape index (κ2) is 7.81. The maximum atomic E-state index is 5.95. The summed E-state index contributed by atoms with van der Waals surface area (Å²) in [6, 6.07) is 10.2. The van der Waals surface area contributed by atoms with Crippen LogP contribution < -0.4 is 11.1 Å². The highest BCUT2D eigenvalue weighted by molar-refractivity contribution is 14.0. The molecule has 2 rings (SSSR count). The Balaban J connectivity index is 0.00000264. The van der Waals surface area contributed by atoms with E-state index in [0.717, 1.165) is 22.6 Å². The molecular formula is C17H26IN5. The van der Waals surface area contributed by atoms with E-state index < -0.39 is 0 Å². The summed E-state index contributed by atoms with van der Waals surface area (Å²) in [5.74, 6) is 0.454. The lowest BCUT2D eigenvalue weighted by Gasteiger charge is -2.21. The molecule has 126 valence electrons. The number of aryl methyl sites for hydroxylation is 2. The molecule has 0 saturated heterocycles. The summed E-state index contributed by atoms with van der Waals surface area (Å²) in [6.45, 7) is 10.7. The summed E-state index contributed by atoms with van der Waals surface area (Å²) in [5.41, 5.74) is 10.1. The maximum absolute atomic E-state index is 5.95. The van der Waals surface area contributed by atoms with Crippen molar-refractivity contribution in [1.29, 1.82) is 0 Å². The van der Waals surface area contributed by atoms with Crippen LogP contribution in [-0.2, 0) is 6.54 Å². The minimum Gasteiger partial charge on any atom is -0.370 e. The van der Waals surface area contributed by atoms with Crippen LogP contribution in [0.4, 0.5) is 0 Å². The molecule has 0 aliphatic carbocycles. The fraction of sp³-hybridized carbons (Fsp3) is 0.412. The minimum absolute atomic E-state index is 0. The normalized spacial score (nSPS) is 12.0.